The first-order valence-corrected chi connectivity index (χ1v) is 5.96. The van der Waals surface area contributed by atoms with E-state index in [1.54, 1.807) is 18.2 Å². The van der Waals surface area contributed by atoms with Gasteiger partial charge in [-0.05, 0) is 31.0 Å². The maximum absolute atomic E-state index is 11.2. The van der Waals surface area contributed by atoms with Gasteiger partial charge in [-0.2, -0.15) is 0 Å². The molecule has 0 atom stereocenters. The second-order valence-electron chi connectivity index (χ2n) is 4.19. The number of benzene rings is 1. The summed E-state index contributed by atoms with van der Waals surface area (Å²) in [5.74, 6) is 0.197. The predicted molar refractivity (Wildman–Crippen MR) is 63.8 cm³/mol. The number of rotatable bonds is 1. The van der Waals surface area contributed by atoms with Crippen LogP contribution in [0.5, 0.6) is 0 Å². The van der Waals surface area contributed by atoms with Crippen molar-refractivity contribution >= 4 is 29.0 Å². The van der Waals surface area contributed by atoms with E-state index < -0.39 is 5.60 Å². The molecule has 0 aliphatic heterocycles. The van der Waals surface area contributed by atoms with Gasteiger partial charge in [-0.25, -0.2) is 0 Å². The van der Waals surface area contributed by atoms with E-state index in [9.17, 15) is 9.90 Å². The van der Waals surface area contributed by atoms with Crippen LogP contribution in [-0.2, 0) is 10.4 Å². The molecule has 1 saturated carbocycles. The van der Waals surface area contributed by atoms with Crippen LogP contribution in [0.1, 0.15) is 31.2 Å². The van der Waals surface area contributed by atoms with Crippen molar-refractivity contribution in [3.8, 4) is 0 Å². The van der Waals surface area contributed by atoms with E-state index >= 15 is 0 Å². The first-order valence-electron chi connectivity index (χ1n) is 5.21. The van der Waals surface area contributed by atoms with Gasteiger partial charge in [0.15, 0.2) is 0 Å². The molecule has 86 valence electrons. The van der Waals surface area contributed by atoms with Crippen LogP contribution in [0.4, 0.5) is 0 Å². The molecule has 16 heavy (non-hydrogen) atoms. The quantitative estimate of drug-likeness (QED) is 0.839. The van der Waals surface area contributed by atoms with Gasteiger partial charge in [-0.3, -0.25) is 4.79 Å². The summed E-state index contributed by atoms with van der Waals surface area (Å²) in [4.78, 5) is 11.2. The van der Waals surface area contributed by atoms with E-state index in [4.69, 9.17) is 23.2 Å². The fourth-order valence-corrected chi connectivity index (χ4v) is 2.53. The number of carbonyl (C=O) groups is 1. The summed E-state index contributed by atoms with van der Waals surface area (Å²) < 4.78 is 0. The van der Waals surface area contributed by atoms with Gasteiger partial charge in [-0.1, -0.05) is 23.2 Å². The van der Waals surface area contributed by atoms with Crippen LogP contribution in [0.2, 0.25) is 10.0 Å². The Morgan fingerprint density at radius 3 is 2.44 bits per heavy atom. The van der Waals surface area contributed by atoms with Gasteiger partial charge in [0.2, 0.25) is 0 Å². The lowest BCUT2D eigenvalue weighted by Gasteiger charge is -2.32. The monoisotopic (exact) mass is 258 g/mol. The molecule has 0 spiro atoms. The molecule has 1 fully saturated rings. The first kappa shape index (κ1) is 11.9. The van der Waals surface area contributed by atoms with Crippen LogP contribution in [-0.4, -0.2) is 10.9 Å². The molecule has 0 radical (unpaired) electrons. The van der Waals surface area contributed by atoms with Gasteiger partial charge in [-0.15, -0.1) is 0 Å². The van der Waals surface area contributed by atoms with Crippen LogP contribution in [0.25, 0.3) is 0 Å². The summed E-state index contributed by atoms with van der Waals surface area (Å²) in [6, 6.07) is 5.04. The zero-order chi connectivity index (χ0) is 11.8. The van der Waals surface area contributed by atoms with Crippen molar-refractivity contribution in [2.75, 3.05) is 0 Å². The van der Waals surface area contributed by atoms with E-state index in [0.29, 0.717) is 41.3 Å². The zero-order valence-electron chi connectivity index (χ0n) is 8.67. The number of Topliss-reactive ketones (excluding diaryl/α,β-unsaturated/α-hetero) is 1. The second-order valence-corrected chi connectivity index (χ2v) is 5.04. The minimum Gasteiger partial charge on any atom is -0.385 e. The highest BCUT2D eigenvalue weighted by Crippen LogP contribution is 2.40. The molecule has 1 N–H and O–H groups in total. The van der Waals surface area contributed by atoms with Crippen molar-refractivity contribution < 1.29 is 9.90 Å². The molecule has 1 aromatic rings. The lowest BCUT2D eigenvalue weighted by molar-refractivity contribution is -0.125. The Bertz CT molecular complexity index is 419. The normalized spacial score (nSPS) is 19.8. The average molecular weight is 259 g/mol. The van der Waals surface area contributed by atoms with Crippen molar-refractivity contribution in [1.82, 2.24) is 0 Å². The highest BCUT2D eigenvalue weighted by atomic mass is 35.5. The molecule has 1 aromatic carbocycles. The summed E-state index contributed by atoms with van der Waals surface area (Å²) in [5.41, 5.74) is -0.371. The third-order valence-corrected chi connectivity index (χ3v) is 3.63. The molecular formula is C12H12Cl2O2. The molecule has 2 nitrogen and oxygen atoms in total. The Balaban J connectivity index is 2.35. The number of ketones is 1. The summed E-state index contributed by atoms with van der Waals surface area (Å²) in [5, 5.41) is 11.5. The number of hydrogen-bond donors (Lipinski definition) is 1. The number of hydrogen-bond acceptors (Lipinski definition) is 2. The highest BCUT2D eigenvalue weighted by molar-refractivity contribution is 6.33. The SMILES string of the molecule is O=C1CCC(O)(c2cc(Cl)ccc2Cl)CC1. The van der Waals surface area contributed by atoms with Crippen LogP contribution in [0.15, 0.2) is 18.2 Å². The molecule has 1 aliphatic carbocycles. The number of carbonyl (C=O) groups excluding carboxylic acids is 1. The lowest BCUT2D eigenvalue weighted by atomic mass is 9.79. The summed E-state index contributed by atoms with van der Waals surface area (Å²) in [7, 11) is 0. The molecule has 1 aliphatic rings. The topological polar surface area (TPSA) is 37.3 Å². The molecule has 0 heterocycles. The minimum atomic E-state index is -1.00. The van der Waals surface area contributed by atoms with E-state index in [0.717, 1.165) is 0 Å². The standard InChI is InChI=1S/C12H12Cl2O2/c13-8-1-2-11(14)10(7-8)12(16)5-3-9(15)4-6-12/h1-2,7,16H,3-6H2. The molecular weight excluding hydrogens is 247 g/mol. The van der Waals surface area contributed by atoms with Crippen LogP contribution in [0.3, 0.4) is 0 Å². The Labute approximate surface area is 104 Å². The van der Waals surface area contributed by atoms with Gasteiger partial charge in [0, 0.05) is 28.5 Å². The molecule has 0 unspecified atom stereocenters. The summed E-state index contributed by atoms with van der Waals surface area (Å²) in [6.45, 7) is 0. The maximum Gasteiger partial charge on any atom is 0.133 e. The Morgan fingerprint density at radius 1 is 1.19 bits per heavy atom. The molecule has 0 saturated heterocycles. The minimum absolute atomic E-state index is 0.197. The van der Waals surface area contributed by atoms with E-state index in [1.807, 2.05) is 0 Å². The lowest BCUT2D eigenvalue weighted by Crippen LogP contribution is -2.31. The Kier molecular flexibility index (Phi) is 3.24. The molecule has 4 heteroatoms. The Hall–Kier alpha value is -0.570. The van der Waals surface area contributed by atoms with Gasteiger partial charge in [0.25, 0.3) is 0 Å². The Morgan fingerprint density at radius 2 is 1.81 bits per heavy atom. The molecule has 0 aromatic heterocycles. The average Bonchev–Trinajstić information content (AvgIpc) is 2.26. The first-order chi connectivity index (χ1) is 7.51. The third-order valence-electron chi connectivity index (χ3n) is 3.06. The third kappa shape index (κ3) is 2.24. The van der Waals surface area contributed by atoms with Gasteiger partial charge in [0.1, 0.15) is 5.78 Å². The molecule has 0 amide bonds. The van der Waals surface area contributed by atoms with Gasteiger partial charge >= 0.3 is 0 Å². The van der Waals surface area contributed by atoms with Crippen molar-refractivity contribution in [2.24, 2.45) is 0 Å². The van der Waals surface area contributed by atoms with Crippen LogP contribution < -0.4 is 0 Å². The fourth-order valence-electron chi connectivity index (χ4n) is 2.07. The van der Waals surface area contributed by atoms with Crippen molar-refractivity contribution in [1.29, 1.82) is 0 Å². The van der Waals surface area contributed by atoms with E-state index in [2.05, 4.69) is 0 Å². The predicted octanol–water partition coefficient (Wildman–Crippen LogP) is 3.32. The fraction of sp³-hybridized carbons (Fsp3) is 0.417. The van der Waals surface area contributed by atoms with Gasteiger partial charge in [0.05, 0.1) is 5.60 Å². The summed E-state index contributed by atoms with van der Waals surface area (Å²) >= 11 is 11.9. The smallest absolute Gasteiger partial charge is 0.133 e. The van der Waals surface area contributed by atoms with Crippen molar-refractivity contribution in [3.63, 3.8) is 0 Å². The molecule has 0 bridgehead atoms. The highest BCUT2D eigenvalue weighted by Gasteiger charge is 2.35. The van der Waals surface area contributed by atoms with E-state index in [1.165, 1.54) is 0 Å². The van der Waals surface area contributed by atoms with Crippen molar-refractivity contribution in [2.45, 2.75) is 31.3 Å². The van der Waals surface area contributed by atoms with Gasteiger partial charge < -0.3 is 5.11 Å². The van der Waals surface area contributed by atoms with Crippen LogP contribution >= 0.6 is 23.2 Å². The van der Waals surface area contributed by atoms with Crippen LogP contribution in [0, 0.1) is 0 Å². The summed E-state index contributed by atoms with van der Waals surface area (Å²) in [6.07, 6.45) is 1.65. The second kappa shape index (κ2) is 4.36. The molecule has 2 rings (SSSR count). The van der Waals surface area contributed by atoms with Crippen molar-refractivity contribution in [3.05, 3.63) is 33.8 Å². The number of halogens is 2. The maximum atomic E-state index is 11.2. The number of aliphatic hydroxyl groups is 1. The zero-order valence-corrected chi connectivity index (χ0v) is 10.2. The largest absolute Gasteiger partial charge is 0.385 e. The van der Waals surface area contributed by atoms with E-state index in [-0.39, 0.29) is 5.78 Å².